The fourth-order valence-electron chi connectivity index (χ4n) is 1.52. The van der Waals surface area contributed by atoms with Crippen LogP contribution in [-0.2, 0) is 0 Å². The largest absolute Gasteiger partial charge is 0.496 e. The average molecular weight is 289 g/mol. The highest BCUT2D eigenvalue weighted by Gasteiger charge is 2.15. The van der Waals surface area contributed by atoms with E-state index in [9.17, 15) is 0 Å². The number of hydrogen-bond acceptors (Lipinski definition) is 4. The molecule has 0 aromatic heterocycles. The molecule has 0 bridgehead atoms. The number of hydrogen-bond donors (Lipinski definition) is 1. The third kappa shape index (κ3) is 2.24. The Kier molecular flexibility index (Phi) is 3.43. The van der Waals surface area contributed by atoms with Crippen molar-refractivity contribution in [3.05, 3.63) is 16.6 Å². The topological polar surface area (TPSA) is 24.5 Å². The number of nitrogens with zero attached hydrogens (tertiary/aromatic N) is 1. The molecule has 0 unspecified atom stereocenters. The van der Waals surface area contributed by atoms with Gasteiger partial charge in [0.2, 0.25) is 0 Å². The van der Waals surface area contributed by atoms with Crippen LogP contribution < -0.4 is 14.4 Å². The molecule has 0 radical (unpaired) electrons. The number of benzene rings is 1. The summed E-state index contributed by atoms with van der Waals surface area (Å²) in [4.78, 5) is 3.45. The van der Waals surface area contributed by atoms with Crippen LogP contribution in [0.25, 0.3) is 0 Å². The molecular formula is C10H13BrN2OS. The summed E-state index contributed by atoms with van der Waals surface area (Å²) < 4.78 is 9.59. The van der Waals surface area contributed by atoms with Gasteiger partial charge in [-0.15, -0.1) is 0 Å². The molecule has 0 amide bonds. The normalized spacial score (nSPS) is 15.8. The van der Waals surface area contributed by atoms with Gasteiger partial charge in [0.15, 0.2) is 0 Å². The maximum absolute atomic E-state index is 5.28. The Hall–Kier alpha value is -0.390. The van der Waals surface area contributed by atoms with Crippen LogP contribution in [-0.4, -0.2) is 27.2 Å². The Balaban J connectivity index is 2.46. The van der Waals surface area contributed by atoms with Gasteiger partial charge in [-0.25, -0.2) is 0 Å². The highest BCUT2D eigenvalue weighted by molar-refractivity contribution is 9.10. The van der Waals surface area contributed by atoms with Crippen molar-refractivity contribution >= 4 is 33.6 Å². The van der Waals surface area contributed by atoms with Gasteiger partial charge in [0.05, 0.1) is 17.3 Å². The SMILES string of the molecule is COc1cc2c(cc1Br)N(C)CCNS2. The highest BCUT2D eigenvalue weighted by Crippen LogP contribution is 2.38. The van der Waals surface area contributed by atoms with E-state index in [-0.39, 0.29) is 0 Å². The summed E-state index contributed by atoms with van der Waals surface area (Å²) in [6.07, 6.45) is 0. The van der Waals surface area contributed by atoms with E-state index < -0.39 is 0 Å². The lowest BCUT2D eigenvalue weighted by Crippen LogP contribution is -2.23. The molecule has 1 aliphatic rings. The lowest BCUT2D eigenvalue weighted by Gasteiger charge is -2.19. The zero-order valence-electron chi connectivity index (χ0n) is 8.71. The number of likely N-dealkylation sites (N-methyl/N-ethyl adjacent to an activating group) is 1. The standard InChI is InChI=1S/C10H13BrN2OS/c1-13-4-3-12-15-10-6-9(14-2)7(11)5-8(10)13/h5-6,12H,3-4H2,1-2H3. The van der Waals surface area contributed by atoms with Crippen LogP contribution in [0.3, 0.4) is 0 Å². The van der Waals surface area contributed by atoms with E-state index in [1.54, 1.807) is 19.1 Å². The smallest absolute Gasteiger partial charge is 0.134 e. The van der Waals surface area contributed by atoms with Crippen LogP contribution in [0.2, 0.25) is 0 Å². The zero-order valence-corrected chi connectivity index (χ0v) is 11.1. The molecule has 0 aliphatic carbocycles. The minimum atomic E-state index is 0.873. The molecule has 0 atom stereocenters. The van der Waals surface area contributed by atoms with Gasteiger partial charge < -0.3 is 9.64 Å². The van der Waals surface area contributed by atoms with Gasteiger partial charge in [-0.1, -0.05) is 0 Å². The molecule has 82 valence electrons. The van der Waals surface area contributed by atoms with E-state index in [1.165, 1.54) is 10.6 Å². The van der Waals surface area contributed by atoms with Gasteiger partial charge in [-0.2, -0.15) is 0 Å². The Labute approximate surface area is 102 Å². The lowest BCUT2D eigenvalue weighted by atomic mass is 10.2. The first kappa shape index (κ1) is 11.1. The second-order valence-corrected chi connectivity index (χ2v) is 5.16. The number of rotatable bonds is 1. The van der Waals surface area contributed by atoms with Gasteiger partial charge in [0.1, 0.15) is 5.75 Å². The fourth-order valence-corrected chi connectivity index (χ4v) is 2.85. The van der Waals surface area contributed by atoms with Gasteiger partial charge >= 0.3 is 0 Å². The second-order valence-electron chi connectivity index (χ2n) is 3.37. The first-order valence-electron chi connectivity index (χ1n) is 4.70. The molecule has 0 saturated carbocycles. The maximum atomic E-state index is 5.28. The molecule has 1 aromatic rings. The number of nitrogens with one attached hydrogen (secondary N) is 1. The Morgan fingerprint density at radius 1 is 1.53 bits per heavy atom. The monoisotopic (exact) mass is 288 g/mol. The molecule has 15 heavy (non-hydrogen) atoms. The van der Waals surface area contributed by atoms with Crippen molar-refractivity contribution in [3.8, 4) is 5.75 Å². The fraction of sp³-hybridized carbons (Fsp3) is 0.400. The molecule has 0 spiro atoms. The number of fused-ring (bicyclic) bond motifs is 1. The molecule has 0 saturated heterocycles. The second kappa shape index (κ2) is 4.63. The minimum Gasteiger partial charge on any atom is -0.496 e. The summed E-state index contributed by atoms with van der Waals surface area (Å²) in [7, 11) is 3.79. The van der Waals surface area contributed by atoms with E-state index >= 15 is 0 Å². The van der Waals surface area contributed by atoms with Gasteiger partial charge in [0, 0.05) is 25.0 Å². The first-order valence-corrected chi connectivity index (χ1v) is 6.31. The van der Waals surface area contributed by atoms with E-state index in [0.29, 0.717) is 0 Å². The summed E-state index contributed by atoms with van der Waals surface area (Å²) in [5.74, 6) is 0.873. The van der Waals surface area contributed by atoms with Crippen LogP contribution >= 0.6 is 27.9 Å². The van der Waals surface area contributed by atoms with Crippen molar-refractivity contribution in [3.63, 3.8) is 0 Å². The molecule has 2 rings (SSSR count). The third-order valence-corrected chi connectivity index (χ3v) is 3.89. The van der Waals surface area contributed by atoms with Gasteiger partial charge in [0.25, 0.3) is 0 Å². The molecule has 0 fully saturated rings. The van der Waals surface area contributed by atoms with Crippen molar-refractivity contribution in [2.45, 2.75) is 4.90 Å². The van der Waals surface area contributed by atoms with Crippen LogP contribution in [0.15, 0.2) is 21.5 Å². The summed E-state index contributed by atoms with van der Waals surface area (Å²) in [5.41, 5.74) is 1.23. The van der Waals surface area contributed by atoms with E-state index in [0.717, 1.165) is 23.3 Å². The van der Waals surface area contributed by atoms with Crippen molar-refractivity contribution in [2.75, 3.05) is 32.1 Å². The number of ether oxygens (including phenoxy) is 1. The average Bonchev–Trinajstić information content (AvgIpc) is 2.40. The molecule has 1 aliphatic heterocycles. The van der Waals surface area contributed by atoms with Crippen molar-refractivity contribution in [1.82, 2.24) is 4.72 Å². The molecule has 1 N–H and O–H groups in total. The molecule has 1 heterocycles. The van der Waals surface area contributed by atoms with E-state index in [1.807, 2.05) is 0 Å². The molecular weight excluding hydrogens is 276 g/mol. The van der Waals surface area contributed by atoms with Crippen molar-refractivity contribution in [1.29, 1.82) is 0 Å². The summed E-state index contributed by atoms with van der Waals surface area (Å²) >= 11 is 5.17. The molecule has 5 heteroatoms. The van der Waals surface area contributed by atoms with Crippen LogP contribution in [0.4, 0.5) is 5.69 Å². The summed E-state index contributed by atoms with van der Waals surface area (Å²) in [6.45, 7) is 1.99. The van der Waals surface area contributed by atoms with E-state index in [2.05, 4.69) is 44.7 Å². The third-order valence-electron chi connectivity index (χ3n) is 2.38. The van der Waals surface area contributed by atoms with Crippen molar-refractivity contribution in [2.24, 2.45) is 0 Å². The van der Waals surface area contributed by atoms with Crippen LogP contribution in [0.1, 0.15) is 0 Å². The number of methoxy groups -OCH3 is 1. The summed E-state index contributed by atoms with van der Waals surface area (Å²) in [5, 5.41) is 0. The zero-order chi connectivity index (χ0) is 10.8. The first-order chi connectivity index (χ1) is 7.22. The Bertz CT molecular complexity index is 373. The Morgan fingerprint density at radius 2 is 2.33 bits per heavy atom. The van der Waals surface area contributed by atoms with Crippen molar-refractivity contribution < 1.29 is 4.74 Å². The predicted molar refractivity (Wildman–Crippen MR) is 67.8 cm³/mol. The number of halogens is 1. The van der Waals surface area contributed by atoms with E-state index in [4.69, 9.17) is 4.74 Å². The predicted octanol–water partition coefficient (Wildman–Crippen LogP) is 2.50. The minimum absolute atomic E-state index is 0.873. The lowest BCUT2D eigenvalue weighted by molar-refractivity contribution is 0.411. The van der Waals surface area contributed by atoms with Gasteiger partial charge in [-0.05, 0) is 40.0 Å². The number of anilines is 1. The molecule has 3 nitrogen and oxygen atoms in total. The quantitative estimate of drug-likeness (QED) is 0.803. The van der Waals surface area contributed by atoms with Crippen LogP contribution in [0, 0.1) is 0 Å². The van der Waals surface area contributed by atoms with Crippen LogP contribution in [0.5, 0.6) is 5.75 Å². The molecule has 1 aromatic carbocycles. The Morgan fingerprint density at radius 3 is 3.07 bits per heavy atom. The highest BCUT2D eigenvalue weighted by atomic mass is 79.9. The summed E-state index contributed by atoms with van der Waals surface area (Å²) in [6, 6.07) is 4.16. The maximum Gasteiger partial charge on any atom is 0.134 e. The van der Waals surface area contributed by atoms with Gasteiger partial charge in [-0.3, -0.25) is 4.72 Å².